The Balaban J connectivity index is 0.000000320. The van der Waals surface area contributed by atoms with Gasteiger partial charge in [-0.25, -0.2) is 34.3 Å². The minimum atomic E-state index is -1.13. The van der Waals surface area contributed by atoms with Crippen LogP contribution in [-0.4, -0.2) is 124 Å². The monoisotopic (exact) mass is 1040 g/mol. The van der Waals surface area contributed by atoms with Gasteiger partial charge < -0.3 is 56.3 Å². The van der Waals surface area contributed by atoms with Crippen LogP contribution in [-0.2, 0) is 49.5 Å². The van der Waals surface area contributed by atoms with Gasteiger partial charge in [-0.05, 0) is 120 Å². The van der Waals surface area contributed by atoms with Gasteiger partial charge in [0.2, 0.25) is 11.9 Å². The number of esters is 2. The van der Waals surface area contributed by atoms with E-state index in [0.717, 1.165) is 36.8 Å². The molecule has 0 radical (unpaired) electrons. The maximum Gasteiger partial charge on any atom is 0.407 e. The van der Waals surface area contributed by atoms with Gasteiger partial charge in [-0.3, -0.25) is 14.4 Å². The second-order valence-corrected chi connectivity index (χ2v) is 18.6. The van der Waals surface area contributed by atoms with Crippen molar-refractivity contribution in [1.29, 1.82) is 0 Å². The number of hydrogen-bond donors (Lipinski definition) is 8. The number of nitrogens with one attached hydrogen (secondary N) is 6. The first-order valence-electron chi connectivity index (χ1n) is 24.1. The molecular formula is C52H68N10O11S. The summed E-state index contributed by atoms with van der Waals surface area (Å²) >= 11 is 1.27. The fourth-order valence-corrected chi connectivity index (χ4v) is 7.90. The Morgan fingerprint density at radius 1 is 0.635 bits per heavy atom. The molecular weight excluding hydrogens is 973 g/mol. The lowest BCUT2D eigenvalue weighted by Crippen LogP contribution is -2.50. The maximum absolute atomic E-state index is 13.2. The molecule has 0 unspecified atom stereocenters. The van der Waals surface area contributed by atoms with Crippen molar-refractivity contribution in [2.75, 3.05) is 51.0 Å². The number of hydrogen-bond acceptors (Lipinski definition) is 18. The molecule has 398 valence electrons. The Hall–Kier alpha value is -7.88. The van der Waals surface area contributed by atoms with Gasteiger partial charge in [0.25, 0.3) is 17.7 Å². The highest BCUT2D eigenvalue weighted by atomic mass is 32.1. The average Bonchev–Trinajstić information content (AvgIpc) is 3.91. The van der Waals surface area contributed by atoms with Gasteiger partial charge in [-0.15, -0.1) is 11.3 Å². The van der Waals surface area contributed by atoms with E-state index < -0.39 is 47.5 Å². The smallest absolute Gasteiger partial charge is 0.407 e. The lowest BCUT2D eigenvalue weighted by molar-refractivity contribution is -0.143. The normalized spacial score (nSPS) is 11.6. The molecule has 4 amide bonds. The number of carbonyl (C=O) groups is 6. The molecule has 0 aliphatic heterocycles. The minimum Gasteiger partial charge on any atom is -0.508 e. The summed E-state index contributed by atoms with van der Waals surface area (Å²) in [6.07, 6.45) is 3.36. The van der Waals surface area contributed by atoms with Gasteiger partial charge in [0, 0.05) is 19.6 Å². The molecule has 3 aromatic heterocycles. The Morgan fingerprint density at radius 2 is 1.09 bits per heavy atom. The van der Waals surface area contributed by atoms with Crippen LogP contribution >= 0.6 is 11.3 Å². The van der Waals surface area contributed by atoms with Crippen molar-refractivity contribution in [1.82, 2.24) is 41.2 Å². The number of thiophene rings is 1. The van der Waals surface area contributed by atoms with E-state index in [9.17, 15) is 39.0 Å². The number of alkyl carbamates (subject to hydrolysis) is 1. The zero-order valence-corrected chi connectivity index (χ0v) is 44.2. The van der Waals surface area contributed by atoms with Crippen molar-refractivity contribution in [2.24, 2.45) is 0 Å². The van der Waals surface area contributed by atoms with Crippen LogP contribution < -0.4 is 31.9 Å². The van der Waals surface area contributed by atoms with E-state index in [4.69, 9.17) is 14.2 Å². The molecule has 22 heteroatoms. The molecule has 3 heterocycles. The molecule has 21 nitrogen and oxygen atoms in total. The van der Waals surface area contributed by atoms with Crippen molar-refractivity contribution < 1.29 is 53.2 Å². The largest absolute Gasteiger partial charge is 0.508 e. The number of amides is 4. The third-order valence-corrected chi connectivity index (χ3v) is 11.6. The molecule has 0 spiro atoms. The maximum atomic E-state index is 13.2. The highest BCUT2D eigenvalue weighted by molar-refractivity contribution is 7.12. The third-order valence-electron chi connectivity index (χ3n) is 10.8. The Labute approximate surface area is 435 Å². The summed E-state index contributed by atoms with van der Waals surface area (Å²) in [6, 6.07) is 15.5. The number of aryl methyl sites for hydroxylation is 6. The summed E-state index contributed by atoms with van der Waals surface area (Å²) in [5.41, 5.74) is 3.86. The first-order valence-corrected chi connectivity index (χ1v) is 25.0. The number of aromatic hydroxyl groups is 2. The second kappa shape index (κ2) is 29.0. The molecule has 0 aliphatic rings. The summed E-state index contributed by atoms with van der Waals surface area (Å²) < 4.78 is 14.8. The number of rotatable bonds is 23. The molecule has 0 fully saturated rings. The molecule has 0 aliphatic carbocycles. The van der Waals surface area contributed by atoms with Crippen molar-refractivity contribution in [3.8, 4) is 11.5 Å². The van der Waals surface area contributed by atoms with Crippen LogP contribution in [0.1, 0.15) is 112 Å². The lowest BCUT2D eigenvalue weighted by atomic mass is 10.1. The zero-order chi connectivity index (χ0) is 54.4. The van der Waals surface area contributed by atoms with Gasteiger partial charge in [-0.1, -0.05) is 44.2 Å². The first kappa shape index (κ1) is 58.7. The Bertz CT molecular complexity index is 2700. The number of ether oxygens (including phenoxy) is 3. The van der Waals surface area contributed by atoms with Crippen LogP contribution in [0.5, 0.6) is 11.5 Å². The molecule has 2 atom stereocenters. The predicted octanol–water partition coefficient (Wildman–Crippen LogP) is 5.75. The van der Waals surface area contributed by atoms with E-state index in [1.165, 1.54) is 25.6 Å². The van der Waals surface area contributed by atoms with Crippen LogP contribution in [0.4, 0.5) is 16.7 Å². The van der Waals surface area contributed by atoms with E-state index >= 15 is 0 Å². The van der Waals surface area contributed by atoms with E-state index in [1.54, 1.807) is 82.5 Å². The molecule has 5 rings (SSSR count). The SMILES string of the molecule is CCc1nc(NCCCc2cccc(O)c2)nc(C)c1C(=O)N[C@@H](CNC(=O)OC(C)(C)C)C(=O)OC.CCc1nc(NCCCc2cccc(O)c2)nc(C)c1C(=O)N[C@@H](CNC(=O)c1cccs1)C(=O)OC. The molecule has 2 aromatic carbocycles. The number of carbonyl (C=O) groups excluding carboxylic acids is 6. The zero-order valence-electron chi connectivity index (χ0n) is 43.3. The summed E-state index contributed by atoms with van der Waals surface area (Å²) in [7, 11) is 2.41. The molecule has 0 bridgehead atoms. The number of anilines is 2. The van der Waals surface area contributed by atoms with Crippen LogP contribution in [0.25, 0.3) is 0 Å². The predicted molar refractivity (Wildman–Crippen MR) is 280 cm³/mol. The van der Waals surface area contributed by atoms with Gasteiger partial charge in [0.15, 0.2) is 0 Å². The molecule has 74 heavy (non-hydrogen) atoms. The van der Waals surface area contributed by atoms with Crippen LogP contribution in [0.15, 0.2) is 66.0 Å². The molecule has 5 aromatic rings. The highest BCUT2D eigenvalue weighted by Crippen LogP contribution is 2.19. The number of phenols is 2. The second-order valence-electron chi connectivity index (χ2n) is 17.7. The number of nitrogens with zero attached hydrogens (tertiary/aromatic N) is 4. The summed E-state index contributed by atoms with van der Waals surface area (Å²) in [4.78, 5) is 93.4. The number of aromatic nitrogens is 4. The number of phenolic OH excluding ortho intramolecular Hbond substituents is 2. The van der Waals surface area contributed by atoms with E-state index in [-0.39, 0.29) is 41.6 Å². The van der Waals surface area contributed by atoms with Crippen molar-refractivity contribution in [3.63, 3.8) is 0 Å². The molecule has 0 saturated carbocycles. The van der Waals surface area contributed by atoms with Crippen molar-refractivity contribution in [3.05, 3.63) is 116 Å². The fraction of sp³-hybridized carbons (Fsp3) is 0.423. The van der Waals surface area contributed by atoms with Gasteiger partial charge >= 0.3 is 18.0 Å². The minimum absolute atomic E-state index is 0.130. The van der Waals surface area contributed by atoms with Gasteiger partial charge in [-0.2, -0.15) is 0 Å². The average molecular weight is 1040 g/mol. The highest BCUT2D eigenvalue weighted by Gasteiger charge is 2.28. The van der Waals surface area contributed by atoms with Crippen molar-refractivity contribution >= 4 is 59.0 Å². The quantitative estimate of drug-likeness (QED) is 0.0219. The van der Waals surface area contributed by atoms with Crippen LogP contribution in [0.3, 0.4) is 0 Å². The lowest BCUT2D eigenvalue weighted by Gasteiger charge is -2.22. The fourth-order valence-electron chi connectivity index (χ4n) is 7.26. The molecule has 0 saturated heterocycles. The van der Waals surface area contributed by atoms with Crippen molar-refractivity contribution in [2.45, 2.75) is 105 Å². The summed E-state index contributed by atoms with van der Waals surface area (Å²) in [6.45, 7) is 13.2. The topological polar surface area (TPSA) is 294 Å². The van der Waals surface area contributed by atoms with E-state index in [1.807, 2.05) is 32.0 Å². The number of methoxy groups -OCH3 is 2. The van der Waals surface area contributed by atoms with Gasteiger partial charge in [0.05, 0.1) is 59.5 Å². The van der Waals surface area contributed by atoms with E-state index in [2.05, 4.69) is 51.8 Å². The standard InChI is InChI=1S/C26H37N5O6.C26H31N5O5S/c1-7-19-21(22(33)30-20(23(34)36-6)15-28-25(35)37-26(3,4)5)16(2)29-24(31-19)27-13-9-11-17-10-8-12-18(32)14-17;1-4-19-22(16(2)29-26(31-19)27-12-6-9-17-8-5-10-18(32)14-17)24(34)30-20(25(35)36-3)15-28-23(33)21-11-7-13-37-21/h8,10,12,14,20,32H,7,9,11,13,15H2,1-6H3,(H,28,35)(H,30,33)(H,27,29,31);5,7-8,10-11,13-14,20,32H,4,6,9,12,15H2,1-3H3,(H,28,33)(H,30,34)(H,27,29,31)/t2*20-/m00/s1. The summed E-state index contributed by atoms with van der Waals surface area (Å²) in [5.74, 6) is -1.52. The summed E-state index contributed by atoms with van der Waals surface area (Å²) in [5, 5.41) is 37.7. The molecule has 8 N–H and O–H groups in total. The Morgan fingerprint density at radius 3 is 1.49 bits per heavy atom. The first-order chi connectivity index (χ1) is 35.2. The third kappa shape index (κ3) is 18.9. The Kier molecular flexibility index (Phi) is 23.0. The van der Waals surface area contributed by atoms with Crippen LogP contribution in [0, 0.1) is 13.8 Å². The van der Waals surface area contributed by atoms with Gasteiger partial charge in [0.1, 0.15) is 29.2 Å². The van der Waals surface area contributed by atoms with Crippen LogP contribution in [0.2, 0.25) is 0 Å². The van der Waals surface area contributed by atoms with E-state index in [0.29, 0.717) is 65.5 Å². The number of benzene rings is 2.